The second-order valence-corrected chi connectivity index (χ2v) is 6.10. The van der Waals surface area contributed by atoms with Gasteiger partial charge in [0, 0.05) is 22.2 Å². The van der Waals surface area contributed by atoms with Gasteiger partial charge in [0.05, 0.1) is 11.3 Å². The first-order valence-electron chi connectivity index (χ1n) is 8.27. The number of aromatic hydroxyl groups is 3. The maximum atomic E-state index is 12.6. The van der Waals surface area contributed by atoms with E-state index < -0.39 is 23.2 Å². The molecule has 0 aliphatic rings. The third kappa shape index (κ3) is 2.93. The Morgan fingerprint density at radius 2 is 1.59 bits per heavy atom. The molecule has 0 radical (unpaired) electrons. The molecule has 1 amide bonds. The molecular formula is C21H16N2O4. The number of para-hydroxylation sites is 2. The number of nitrogens with one attached hydrogen (secondary N) is 2. The fourth-order valence-corrected chi connectivity index (χ4v) is 2.99. The molecule has 0 spiro atoms. The molecule has 0 atom stereocenters. The molecule has 0 unspecified atom stereocenters. The van der Waals surface area contributed by atoms with E-state index in [0.717, 1.165) is 28.2 Å². The van der Waals surface area contributed by atoms with Crippen LogP contribution in [-0.2, 0) is 0 Å². The lowest BCUT2D eigenvalue weighted by Crippen LogP contribution is -2.12. The summed E-state index contributed by atoms with van der Waals surface area (Å²) in [6.07, 6.45) is 0. The second-order valence-electron chi connectivity index (χ2n) is 6.10. The van der Waals surface area contributed by atoms with Crippen molar-refractivity contribution >= 4 is 22.5 Å². The van der Waals surface area contributed by atoms with Gasteiger partial charge in [-0.3, -0.25) is 4.79 Å². The van der Waals surface area contributed by atoms with E-state index in [1.165, 1.54) is 6.07 Å². The molecule has 4 aromatic rings. The van der Waals surface area contributed by atoms with Crippen molar-refractivity contribution in [3.63, 3.8) is 0 Å². The van der Waals surface area contributed by atoms with E-state index in [-0.39, 0.29) is 5.56 Å². The van der Waals surface area contributed by atoms with E-state index in [0.29, 0.717) is 5.69 Å². The van der Waals surface area contributed by atoms with Crippen LogP contribution in [0.15, 0.2) is 66.7 Å². The van der Waals surface area contributed by atoms with Gasteiger partial charge in [-0.15, -0.1) is 0 Å². The van der Waals surface area contributed by atoms with Crippen molar-refractivity contribution in [1.82, 2.24) is 4.98 Å². The van der Waals surface area contributed by atoms with E-state index in [1.807, 2.05) is 42.5 Å². The summed E-state index contributed by atoms with van der Waals surface area (Å²) in [4.78, 5) is 15.9. The Morgan fingerprint density at radius 1 is 0.852 bits per heavy atom. The monoisotopic (exact) mass is 360 g/mol. The lowest BCUT2D eigenvalue weighted by Gasteiger charge is -2.12. The van der Waals surface area contributed by atoms with Crippen molar-refractivity contribution in [2.75, 3.05) is 5.32 Å². The van der Waals surface area contributed by atoms with E-state index in [2.05, 4.69) is 10.3 Å². The smallest absolute Gasteiger partial charge is 0.259 e. The van der Waals surface area contributed by atoms with Gasteiger partial charge in [0.1, 0.15) is 0 Å². The number of phenolic OH excluding ortho intramolecular Hbond substituents is 3. The first kappa shape index (κ1) is 16.5. The predicted octanol–water partition coefficient (Wildman–Crippen LogP) is 4.20. The largest absolute Gasteiger partial charge is 0.504 e. The van der Waals surface area contributed by atoms with Crippen molar-refractivity contribution in [2.24, 2.45) is 0 Å². The highest BCUT2D eigenvalue weighted by Gasteiger charge is 2.18. The first-order chi connectivity index (χ1) is 13.0. The number of benzene rings is 3. The molecule has 6 nitrogen and oxygen atoms in total. The molecule has 5 N–H and O–H groups in total. The third-order valence-corrected chi connectivity index (χ3v) is 4.37. The molecule has 0 aliphatic heterocycles. The number of hydrogen-bond acceptors (Lipinski definition) is 4. The van der Waals surface area contributed by atoms with E-state index in [1.54, 1.807) is 12.1 Å². The van der Waals surface area contributed by atoms with Gasteiger partial charge in [-0.1, -0.05) is 36.4 Å². The molecule has 0 saturated heterocycles. The van der Waals surface area contributed by atoms with Crippen LogP contribution in [0.4, 0.5) is 5.69 Å². The van der Waals surface area contributed by atoms with E-state index >= 15 is 0 Å². The van der Waals surface area contributed by atoms with Gasteiger partial charge in [-0.2, -0.15) is 0 Å². The molecule has 0 saturated carbocycles. The number of fused-ring (bicyclic) bond motifs is 1. The van der Waals surface area contributed by atoms with Crippen molar-refractivity contribution in [2.45, 2.75) is 0 Å². The van der Waals surface area contributed by atoms with Gasteiger partial charge in [0.25, 0.3) is 5.91 Å². The van der Waals surface area contributed by atoms with Gasteiger partial charge in [-0.05, 0) is 30.3 Å². The number of aromatic amines is 1. The fourth-order valence-electron chi connectivity index (χ4n) is 2.99. The fraction of sp³-hybridized carbons (Fsp3) is 0. The van der Waals surface area contributed by atoms with Gasteiger partial charge in [0.2, 0.25) is 5.75 Å². The van der Waals surface area contributed by atoms with E-state index in [4.69, 9.17) is 0 Å². The summed E-state index contributed by atoms with van der Waals surface area (Å²) in [5, 5.41) is 32.8. The summed E-state index contributed by atoms with van der Waals surface area (Å²) in [5.74, 6) is -2.50. The maximum absolute atomic E-state index is 12.6. The number of rotatable bonds is 3. The average Bonchev–Trinajstić information content (AvgIpc) is 3.10. The molecule has 0 fully saturated rings. The Bertz CT molecular complexity index is 1130. The zero-order valence-electron chi connectivity index (χ0n) is 14.1. The molecular weight excluding hydrogens is 344 g/mol. The van der Waals surface area contributed by atoms with Crippen LogP contribution in [0.25, 0.3) is 22.2 Å². The lowest BCUT2D eigenvalue weighted by molar-refractivity contribution is 0.102. The van der Waals surface area contributed by atoms with Crippen molar-refractivity contribution in [3.05, 3.63) is 72.3 Å². The average molecular weight is 360 g/mol. The normalized spacial score (nSPS) is 10.8. The maximum Gasteiger partial charge on any atom is 0.259 e. The highest BCUT2D eigenvalue weighted by Crippen LogP contribution is 2.38. The molecule has 27 heavy (non-hydrogen) atoms. The number of phenols is 3. The third-order valence-electron chi connectivity index (χ3n) is 4.37. The van der Waals surface area contributed by atoms with Crippen LogP contribution in [0, 0.1) is 0 Å². The zero-order chi connectivity index (χ0) is 19.0. The number of carbonyl (C=O) groups is 1. The highest BCUT2D eigenvalue weighted by molar-refractivity contribution is 6.08. The number of amides is 1. The Morgan fingerprint density at radius 3 is 2.41 bits per heavy atom. The second kappa shape index (κ2) is 6.42. The summed E-state index contributed by atoms with van der Waals surface area (Å²) < 4.78 is 0. The molecule has 1 aromatic heterocycles. The minimum atomic E-state index is -0.730. The van der Waals surface area contributed by atoms with Crippen molar-refractivity contribution in [1.29, 1.82) is 0 Å². The Labute approximate surface area is 154 Å². The molecule has 6 heteroatoms. The SMILES string of the molecule is O=C(Nc1ccccc1-c1cc2ccccc2[nH]1)c1ccc(O)c(O)c1O. The summed E-state index contributed by atoms with van der Waals surface area (Å²) in [5.41, 5.74) is 3.00. The number of hydrogen-bond donors (Lipinski definition) is 5. The molecule has 0 aliphatic carbocycles. The number of carbonyl (C=O) groups excluding carboxylic acids is 1. The van der Waals surface area contributed by atoms with Crippen LogP contribution < -0.4 is 5.32 Å². The van der Waals surface area contributed by atoms with Crippen LogP contribution in [0.2, 0.25) is 0 Å². The van der Waals surface area contributed by atoms with Crippen molar-refractivity contribution < 1.29 is 20.1 Å². The van der Waals surface area contributed by atoms with Gasteiger partial charge in [0.15, 0.2) is 11.5 Å². The summed E-state index contributed by atoms with van der Waals surface area (Å²) in [6.45, 7) is 0. The Hall–Kier alpha value is -3.93. The van der Waals surface area contributed by atoms with Crippen LogP contribution >= 0.6 is 0 Å². The van der Waals surface area contributed by atoms with Crippen molar-refractivity contribution in [3.8, 4) is 28.5 Å². The van der Waals surface area contributed by atoms with Gasteiger partial charge in [-0.25, -0.2) is 0 Å². The zero-order valence-corrected chi connectivity index (χ0v) is 14.1. The van der Waals surface area contributed by atoms with Crippen LogP contribution in [0.3, 0.4) is 0 Å². The highest BCUT2D eigenvalue weighted by atomic mass is 16.3. The van der Waals surface area contributed by atoms with Crippen LogP contribution in [0.5, 0.6) is 17.2 Å². The molecule has 1 heterocycles. The van der Waals surface area contributed by atoms with Crippen LogP contribution in [-0.4, -0.2) is 26.2 Å². The minimum Gasteiger partial charge on any atom is -0.504 e. The predicted molar refractivity (Wildman–Crippen MR) is 103 cm³/mol. The minimum absolute atomic E-state index is 0.142. The molecule has 134 valence electrons. The molecule has 4 rings (SSSR count). The molecule has 0 bridgehead atoms. The topological polar surface area (TPSA) is 106 Å². The van der Waals surface area contributed by atoms with Crippen LogP contribution in [0.1, 0.15) is 10.4 Å². The Balaban J connectivity index is 1.71. The Kier molecular flexibility index (Phi) is 3.93. The van der Waals surface area contributed by atoms with Gasteiger partial charge < -0.3 is 25.6 Å². The first-order valence-corrected chi connectivity index (χ1v) is 8.27. The number of anilines is 1. The van der Waals surface area contributed by atoms with Gasteiger partial charge >= 0.3 is 0 Å². The summed E-state index contributed by atoms with van der Waals surface area (Å²) >= 11 is 0. The lowest BCUT2D eigenvalue weighted by atomic mass is 10.1. The standard InChI is InChI=1S/C21H16N2O4/c24-18-10-9-14(19(25)20(18)26)21(27)23-16-8-4-2-6-13(16)17-11-12-5-1-3-7-15(12)22-17/h1-11,22,24-26H,(H,23,27). The quantitative estimate of drug-likeness (QED) is 0.353. The molecule has 3 aromatic carbocycles. The summed E-state index contributed by atoms with van der Waals surface area (Å²) in [6, 6.07) is 19.5. The summed E-state index contributed by atoms with van der Waals surface area (Å²) in [7, 11) is 0. The number of aromatic nitrogens is 1. The number of H-pyrrole nitrogens is 1. The van der Waals surface area contributed by atoms with E-state index in [9.17, 15) is 20.1 Å².